The molecule has 0 aliphatic heterocycles. The summed E-state index contributed by atoms with van der Waals surface area (Å²) in [5, 5.41) is 11.8. The van der Waals surface area contributed by atoms with Crippen molar-refractivity contribution in [3.63, 3.8) is 0 Å². The zero-order chi connectivity index (χ0) is 13.0. The van der Waals surface area contributed by atoms with Gasteiger partial charge >= 0.3 is 5.97 Å². The number of nitrogens with zero attached hydrogens (tertiary/aromatic N) is 1. The van der Waals surface area contributed by atoms with Crippen LogP contribution in [0.2, 0.25) is 0 Å². The van der Waals surface area contributed by atoms with Gasteiger partial charge in [0.15, 0.2) is 0 Å². The lowest BCUT2D eigenvalue weighted by atomic mass is 10.1. The Bertz CT molecular complexity index is 432. The number of aliphatic carboxylic acids is 1. The molecule has 4 N–H and O–H groups in total. The Balaban J connectivity index is 2.90. The van der Waals surface area contributed by atoms with Gasteiger partial charge in [-0.25, -0.2) is 9.78 Å². The number of hydrogen-bond acceptors (Lipinski definition) is 4. The molecule has 0 aliphatic rings. The summed E-state index contributed by atoms with van der Waals surface area (Å²) in [6, 6.07) is 3.89. The minimum atomic E-state index is -0.966. The number of hydrogen-bond donors (Lipinski definition) is 3. The van der Waals surface area contributed by atoms with Crippen molar-refractivity contribution in [1.82, 2.24) is 4.98 Å². The lowest BCUT2D eigenvalue weighted by molar-refractivity contribution is -0.138. The molecule has 17 heavy (non-hydrogen) atoms. The van der Waals surface area contributed by atoms with Gasteiger partial charge in [0, 0.05) is 0 Å². The molecule has 0 aliphatic carbocycles. The molecule has 0 spiro atoms. The van der Waals surface area contributed by atoms with Crippen LogP contribution in [0.15, 0.2) is 18.2 Å². The third-order valence-electron chi connectivity index (χ3n) is 2.24. The predicted octanol–water partition coefficient (Wildman–Crippen LogP) is 0.702. The van der Waals surface area contributed by atoms with E-state index in [4.69, 9.17) is 10.8 Å². The second-order valence-corrected chi connectivity index (χ2v) is 3.98. The highest BCUT2D eigenvalue weighted by molar-refractivity contribution is 5.91. The van der Waals surface area contributed by atoms with Crippen molar-refractivity contribution < 1.29 is 14.7 Å². The van der Waals surface area contributed by atoms with Gasteiger partial charge in [0.25, 0.3) is 5.91 Å². The molecule has 0 saturated heterocycles. The van der Waals surface area contributed by atoms with E-state index in [2.05, 4.69) is 10.3 Å². The number of nitrogens with one attached hydrogen (secondary N) is 1. The smallest absolute Gasteiger partial charge is 0.326 e. The van der Waals surface area contributed by atoms with Crippen LogP contribution < -0.4 is 11.1 Å². The Morgan fingerprint density at radius 3 is 2.53 bits per heavy atom. The number of carboxylic acid groups (broad SMARTS) is 1. The number of amides is 1. The van der Waals surface area contributed by atoms with Gasteiger partial charge < -0.3 is 16.2 Å². The number of nitrogens with two attached hydrogens (primary N) is 1. The first-order valence-corrected chi connectivity index (χ1v) is 5.18. The summed E-state index contributed by atoms with van der Waals surface area (Å²) in [5.74, 6) is -1.40. The third kappa shape index (κ3) is 3.44. The van der Waals surface area contributed by atoms with Gasteiger partial charge in [0.2, 0.25) is 0 Å². The maximum absolute atomic E-state index is 11.0. The summed E-state index contributed by atoms with van der Waals surface area (Å²) < 4.78 is 0. The molecule has 0 aromatic carbocycles. The number of primary amides is 1. The SMILES string of the molecule is CC(C)C(Nc1cccc(C(N)=O)n1)C(=O)O. The van der Waals surface area contributed by atoms with Crippen molar-refractivity contribution in [2.45, 2.75) is 19.9 Å². The molecule has 1 amide bonds. The van der Waals surface area contributed by atoms with Gasteiger partial charge in [-0.1, -0.05) is 19.9 Å². The molecule has 0 bridgehead atoms. The summed E-state index contributed by atoms with van der Waals surface area (Å²) in [6.45, 7) is 3.56. The summed E-state index contributed by atoms with van der Waals surface area (Å²) in [7, 11) is 0. The highest BCUT2D eigenvalue weighted by atomic mass is 16.4. The van der Waals surface area contributed by atoms with Gasteiger partial charge in [-0.15, -0.1) is 0 Å². The van der Waals surface area contributed by atoms with Crippen LogP contribution in [0.3, 0.4) is 0 Å². The average Bonchev–Trinajstić information content (AvgIpc) is 2.25. The fourth-order valence-corrected chi connectivity index (χ4v) is 1.33. The van der Waals surface area contributed by atoms with Crippen LogP contribution in [0.5, 0.6) is 0 Å². The minimum Gasteiger partial charge on any atom is -0.480 e. The fourth-order valence-electron chi connectivity index (χ4n) is 1.33. The number of carbonyl (C=O) groups is 2. The molecule has 1 atom stereocenters. The Labute approximate surface area is 98.8 Å². The van der Waals surface area contributed by atoms with Crippen LogP contribution in [-0.2, 0) is 4.79 Å². The molecule has 0 saturated carbocycles. The van der Waals surface area contributed by atoms with Crippen molar-refractivity contribution >= 4 is 17.7 Å². The van der Waals surface area contributed by atoms with Gasteiger partial charge in [-0.3, -0.25) is 4.79 Å². The maximum Gasteiger partial charge on any atom is 0.326 e. The van der Waals surface area contributed by atoms with E-state index in [1.165, 1.54) is 6.07 Å². The summed E-state index contributed by atoms with van der Waals surface area (Å²) in [4.78, 5) is 25.8. The summed E-state index contributed by atoms with van der Waals surface area (Å²) >= 11 is 0. The molecule has 0 fully saturated rings. The number of pyridine rings is 1. The average molecular weight is 237 g/mol. The van der Waals surface area contributed by atoms with E-state index in [-0.39, 0.29) is 11.6 Å². The molecule has 92 valence electrons. The first-order valence-electron chi connectivity index (χ1n) is 5.18. The van der Waals surface area contributed by atoms with Crippen LogP contribution in [0.4, 0.5) is 5.82 Å². The van der Waals surface area contributed by atoms with Gasteiger partial charge in [0.1, 0.15) is 17.6 Å². The highest BCUT2D eigenvalue weighted by Gasteiger charge is 2.21. The molecule has 1 aromatic heterocycles. The van der Waals surface area contributed by atoms with E-state index in [1.807, 2.05) is 0 Å². The van der Waals surface area contributed by atoms with Crippen LogP contribution in [-0.4, -0.2) is 28.0 Å². The molecule has 6 nitrogen and oxygen atoms in total. The Hall–Kier alpha value is -2.11. The highest BCUT2D eigenvalue weighted by Crippen LogP contribution is 2.11. The van der Waals surface area contributed by atoms with Crippen LogP contribution in [0, 0.1) is 5.92 Å². The van der Waals surface area contributed by atoms with E-state index < -0.39 is 17.9 Å². The minimum absolute atomic E-state index is 0.0999. The largest absolute Gasteiger partial charge is 0.480 e. The first-order chi connectivity index (χ1) is 7.91. The molecule has 0 radical (unpaired) electrons. The Morgan fingerprint density at radius 1 is 1.41 bits per heavy atom. The fraction of sp³-hybridized carbons (Fsp3) is 0.364. The summed E-state index contributed by atoms with van der Waals surface area (Å²) in [6.07, 6.45) is 0. The first kappa shape index (κ1) is 13.0. The van der Waals surface area contributed by atoms with Crippen molar-refractivity contribution in [2.75, 3.05) is 5.32 Å². The molecular formula is C11H15N3O3. The normalized spacial score (nSPS) is 12.2. The zero-order valence-electron chi connectivity index (χ0n) is 9.68. The van der Waals surface area contributed by atoms with Crippen molar-refractivity contribution in [1.29, 1.82) is 0 Å². The van der Waals surface area contributed by atoms with Gasteiger partial charge in [0.05, 0.1) is 0 Å². The molecule has 1 aromatic rings. The molecule has 6 heteroatoms. The number of rotatable bonds is 5. The molecule has 1 rings (SSSR count). The van der Waals surface area contributed by atoms with E-state index >= 15 is 0 Å². The molecule has 1 heterocycles. The summed E-state index contributed by atoms with van der Waals surface area (Å²) in [5.41, 5.74) is 5.19. The van der Waals surface area contributed by atoms with Crippen LogP contribution in [0.25, 0.3) is 0 Å². The second kappa shape index (κ2) is 5.29. The topological polar surface area (TPSA) is 105 Å². The molecular weight excluding hydrogens is 222 g/mol. The van der Waals surface area contributed by atoms with Gasteiger partial charge in [-0.2, -0.15) is 0 Å². The van der Waals surface area contributed by atoms with E-state index in [9.17, 15) is 9.59 Å². The quantitative estimate of drug-likeness (QED) is 0.699. The maximum atomic E-state index is 11.0. The van der Waals surface area contributed by atoms with Crippen LogP contribution >= 0.6 is 0 Å². The number of aromatic nitrogens is 1. The predicted molar refractivity (Wildman–Crippen MR) is 62.6 cm³/mol. The van der Waals surface area contributed by atoms with Crippen molar-refractivity contribution in [2.24, 2.45) is 11.7 Å². The monoisotopic (exact) mass is 237 g/mol. The zero-order valence-corrected chi connectivity index (χ0v) is 9.68. The Kier molecular flexibility index (Phi) is 4.03. The third-order valence-corrected chi connectivity index (χ3v) is 2.24. The van der Waals surface area contributed by atoms with E-state index in [1.54, 1.807) is 26.0 Å². The van der Waals surface area contributed by atoms with Crippen molar-refractivity contribution in [3.8, 4) is 0 Å². The lowest BCUT2D eigenvalue weighted by Gasteiger charge is -2.18. The van der Waals surface area contributed by atoms with E-state index in [0.29, 0.717) is 5.82 Å². The van der Waals surface area contributed by atoms with Gasteiger partial charge in [-0.05, 0) is 18.1 Å². The second-order valence-electron chi connectivity index (χ2n) is 3.98. The standard InChI is InChI=1S/C11H15N3O3/c1-6(2)9(11(16)17)14-8-5-3-4-7(13-8)10(12)15/h3-6,9H,1-2H3,(H2,12,15)(H,13,14)(H,16,17). The van der Waals surface area contributed by atoms with Crippen LogP contribution in [0.1, 0.15) is 24.3 Å². The lowest BCUT2D eigenvalue weighted by Crippen LogP contribution is -2.34. The molecule has 1 unspecified atom stereocenters. The van der Waals surface area contributed by atoms with E-state index in [0.717, 1.165) is 0 Å². The van der Waals surface area contributed by atoms with Crippen molar-refractivity contribution in [3.05, 3.63) is 23.9 Å². The Morgan fingerprint density at radius 2 is 2.06 bits per heavy atom. The number of carbonyl (C=O) groups excluding carboxylic acids is 1. The number of carboxylic acids is 1. The number of anilines is 1.